The minimum absolute atomic E-state index is 0.121. The lowest BCUT2D eigenvalue weighted by Crippen LogP contribution is -3.28. The number of amides is 1. The normalized spacial score (nSPS) is 20.2. The predicted molar refractivity (Wildman–Crippen MR) is 123 cm³/mol. The Morgan fingerprint density at radius 3 is 2.53 bits per heavy atom. The van der Waals surface area contributed by atoms with E-state index in [1.807, 2.05) is 18.2 Å². The van der Waals surface area contributed by atoms with Gasteiger partial charge in [0.25, 0.3) is 5.91 Å². The molecule has 3 N–H and O–H groups in total. The molecule has 2 heterocycles. The number of aromatic nitrogens is 1. The maximum absolute atomic E-state index is 12.7. The van der Waals surface area contributed by atoms with Gasteiger partial charge in [0.15, 0.2) is 6.54 Å². The first-order valence-corrected chi connectivity index (χ1v) is 11.8. The van der Waals surface area contributed by atoms with E-state index in [9.17, 15) is 4.79 Å². The third kappa shape index (κ3) is 5.06. The summed E-state index contributed by atoms with van der Waals surface area (Å²) in [6.45, 7) is 10.2. The monoisotopic (exact) mass is 424 g/mol. The molecule has 0 bridgehead atoms. The Morgan fingerprint density at radius 1 is 1.07 bits per heavy atom. The molecule has 0 aliphatic carbocycles. The third-order valence-corrected chi connectivity index (χ3v) is 7.23. The number of quaternary nitrogens is 2. The van der Waals surface area contributed by atoms with Crippen molar-refractivity contribution in [2.75, 3.05) is 38.0 Å². The molecule has 1 atom stereocenters. The van der Waals surface area contributed by atoms with E-state index in [-0.39, 0.29) is 5.91 Å². The molecular weight excluding hydrogens is 392 g/mol. The van der Waals surface area contributed by atoms with Gasteiger partial charge in [-0.15, -0.1) is 11.3 Å². The molecule has 2 aromatic carbocycles. The fourth-order valence-electron chi connectivity index (χ4n) is 4.20. The average Bonchev–Trinajstić information content (AvgIpc) is 3.17. The molecule has 1 aliphatic heterocycles. The predicted octanol–water partition coefficient (Wildman–Crippen LogP) is 1.73. The highest BCUT2D eigenvalue weighted by atomic mass is 32.1. The number of carbonyl (C=O) groups is 1. The summed E-state index contributed by atoms with van der Waals surface area (Å²) in [4.78, 5) is 20.4. The summed E-state index contributed by atoms with van der Waals surface area (Å²) < 4.78 is 1.27. The van der Waals surface area contributed by atoms with Crippen LogP contribution in [0.15, 0.2) is 48.5 Å². The largest absolute Gasteiger partial charge is 0.321 e. The Balaban J connectivity index is 1.27. The number of fused-ring (bicyclic) bond motifs is 1. The van der Waals surface area contributed by atoms with Gasteiger partial charge in [-0.3, -0.25) is 4.79 Å². The van der Waals surface area contributed by atoms with Gasteiger partial charge < -0.3 is 15.1 Å². The molecule has 30 heavy (non-hydrogen) atoms. The number of anilines is 1. The highest BCUT2D eigenvalue weighted by molar-refractivity contribution is 7.18. The van der Waals surface area contributed by atoms with Crippen LogP contribution in [-0.4, -0.2) is 43.6 Å². The van der Waals surface area contributed by atoms with Crippen LogP contribution in [0.25, 0.3) is 10.2 Å². The maximum atomic E-state index is 12.7. The first-order chi connectivity index (χ1) is 14.6. The van der Waals surface area contributed by atoms with Crippen LogP contribution < -0.4 is 15.1 Å². The van der Waals surface area contributed by atoms with E-state index >= 15 is 0 Å². The van der Waals surface area contributed by atoms with E-state index in [1.54, 1.807) is 16.2 Å². The molecule has 1 saturated heterocycles. The summed E-state index contributed by atoms with van der Waals surface area (Å²) in [5, 5.41) is 4.38. The van der Waals surface area contributed by atoms with Crippen LogP contribution in [0.5, 0.6) is 0 Å². The number of nitrogens with zero attached hydrogens (tertiary/aromatic N) is 1. The van der Waals surface area contributed by atoms with Gasteiger partial charge in [-0.05, 0) is 36.1 Å². The highest BCUT2D eigenvalue weighted by Gasteiger charge is 2.26. The molecule has 0 saturated carbocycles. The van der Waals surface area contributed by atoms with Crippen LogP contribution in [0, 0.1) is 0 Å². The second-order valence-electron chi connectivity index (χ2n) is 8.37. The Kier molecular flexibility index (Phi) is 6.77. The van der Waals surface area contributed by atoms with Gasteiger partial charge in [-0.25, -0.2) is 4.98 Å². The molecule has 0 spiro atoms. The van der Waals surface area contributed by atoms with Gasteiger partial charge >= 0.3 is 0 Å². The van der Waals surface area contributed by atoms with Crippen molar-refractivity contribution in [2.45, 2.75) is 32.7 Å². The second kappa shape index (κ2) is 9.69. The van der Waals surface area contributed by atoms with E-state index in [4.69, 9.17) is 4.98 Å². The summed E-state index contributed by atoms with van der Waals surface area (Å²) >= 11 is 1.81. The van der Waals surface area contributed by atoms with Crippen molar-refractivity contribution in [1.82, 2.24) is 4.98 Å². The number of piperazine rings is 1. The number of carbonyl (C=O) groups excluding carboxylic acids is 1. The van der Waals surface area contributed by atoms with Crippen molar-refractivity contribution >= 4 is 33.1 Å². The number of hydrogen-bond donors (Lipinski definition) is 3. The number of rotatable bonds is 7. The SMILES string of the molecule is CC[C@H](C)c1ccccc1NC(=O)C[NH+]1CC[NH+](Cc2nc3ccccc3s2)CC1. The Hall–Kier alpha value is -2.28. The zero-order chi connectivity index (χ0) is 20.9. The highest BCUT2D eigenvalue weighted by Crippen LogP contribution is 2.26. The molecule has 1 fully saturated rings. The Bertz CT molecular complexity index is 961. The van der Waals surface area contributed by atoms with Crippen molar-refractivity contribution in [2.24, 2.45) is 0 Å². The van der Waals surface area contributed by atoms with Gasteiger partial charge in [0.1, 0.15) is 37.7 Å². The van der Waals surface area contributed by atoms with E-state index in [1.165, 1.54) is 20.2 Å². The smallest absolute Gasteiger partial charge is 0.279 e. The molecule has 158 valence electrons. The summed E-state index contributed by atoms with van der Waals surface area (Å²) in [6, 6.07) is 16.6. The zero-order valence-electron chi connectivity index (χ0n) is 17.9. The fraction of sp³-hybridized carbons (Fsp3) is 0.417. The molecule has 3 aromatic rings. The quantitative estimate of drug-likeness (QED) is 0.541. The number of nitrogens with one attached hydrogen (secondary N) is 3. The van der Waals surface area contributed by atoms with Crippen LogP contribution in [0.4, 0.5) is 5.69 Å². The summed E-state index contributed by atoms with van der Waals surface area (Å²) in [7, 11) is 0. The Labute approximate surface area is 182 Å². The van der Waals surface area contributed by atoms with Crippen LogP contribution in [0.2, 0.25) is 0 Å². The van der Waals surface area contributed by atoms with E-state index < -0.39 is 0 Å². The van der Waals surface area contributed by atoms with Crippen molar-refractivity contribution < 1.29 is 14.6 Å². The van der Waals surface area contributed by atoms with Crippen LogP contribution in [-0.2, 0) is 11.3 Å². The summed E-state index contributed by atoms with van der Waals surface area (Å²) in [5.41, 5.74) is 3.31. The molecule has 0 radical (unpaired) electrons. The first kappa shape index (κ1) is 21.0. The molecular formula is C24H32N4OS+2. The molecule has 1 amide bonds. The lowest BCUT2D eigenvalue weighted by atomic mass is 9.97. The number of hydrogen-bond acceptors (Lipinski definition) is 3. The van der Waals surface area contributed by atoms with Crippen molar-refractivity contribution in [1.29, 1.82) is 0 Å². The van der Waals surface area contributed by atoms with E-state index in [0.717, 1.165) is 50.3 Å². The van der Waals surface area contributed by atoms with E-state index in [0.29, 0.717) is 12.5 Å². The van der Waals surface area contributed by atoms with Gasteiger partial charge in [-0.1, -0.05) is 44.2 Å². The zero-order valence-corrected chi connectivity index (χ0v) is 18.7. The minimum Gasteiger partial charge on any atom is -0.321 e. The number of thiazole rings is 1. The van der Waals surface area contributed by atoms with E-state index in [2.05, 4.69) is 49.5 Å². The van der Waals surface area contributed by atoms with Crippen LogP contribution >= 0.6 is 11.3 Å². The summed E-state index contributed by atoms with van der Waals surface area (Å²) in [6.07, 6.45) is 1.07. The maximum Gasteiger partial charge on any atom is 0.279 e. The summed E-state index contributed by atoms with van der Waals surface area (Å²) in [5.74, 6) is 0.568. The topological polar surface area (TPSA) is 50.9 Å². The molecule has 1 aliphatic rings. The molecule has 6 heteroatoms. The lowest BCUT2D eigenvalue weighted by Gasteiger charge is -2.29. The first-order valence-electron chi connectivity index (χ1n) is 11.0. The van der Waals surface area contributed by atoms with Crippen molar-refractivity contribution in [3.63, 3.8) is 0 Å². The number of para-hydroxylation sites is 2. The number of benzene rings is 2. The molecule has 1 aromatic heterocycles. The lowest BCUT2D eigenvalue weighted by molar-refractivity contribution is -1.01. The average molecular weight is 425 g/mol. The minimum atomic E-state index is 0.121. The van der Waals surface area contributed by atoms with Gasteiger partial charge in [0.05, 0.1) is 10.2 Å². The van der Waals surface area contributed by atoms with Crippen molar-refractivity contribution in [3.8, 4) is 0 Å². The molecule has 5 nitrogen and oxygen atoms in total. The van der Waals surface area contributed by atoms with Crippen molar-refractivity contribution in [3.05, 3.63) is 59.1 Å². The fourth-order valence-corrected chi connectivity index (χ4v) is 5.24. The standard InChI is InChI=1S/C24H30N4OS/c1-3-18(2)19-8-4-5-9-20(19)25-23(29)16-27-12-14-28(15-13-27)17-24-26-21-10-6-7-11-22(21)30-24/h4-11,18H,3,12-17H2,1-2H3,(H,25,29)/p+2/t18-/m0/s1. The second-order valence-corrected chi connectivity index (χ2v) is 9.49. The Morgan fingerprint density at radius 2 is 1.77 bits per heavy atom. The molecule has 4 rings (SSSR count). The van der Waals surface area contributed by atoms with Gasteiger partial charge in [0.2, 0.25) is 0 Å². The van der Waals surface area contributed by atoms with Gasteiger partial charge in [0, 0.05) is 5.69 Å². The van der Waals surface area contributed by atoms with Crippen LogP contribution in [0.3, 0.4) is 0 Å². The van der Waals surface area contributed by atoms with Gasteiger partial charge in [-0.2, -0.15) is 0 Å². The third-order valence-electron chi connectivity index (χ3n) is 6.19. The molecule has 0 unspecified atom stereocenters. The van der Waals surface area contributed by atoms with Crippen LogP contribution in [0.1, 0.15) is 36.8 Å².